The van der Waals surface area contributed by atoms with Gasteiger partial charge in [-0.2, -0.15) is 0 Å². The van der Waals surface area contributed by atoms with E-state index in [1.807, 2.05) is 13.8 Å². The van der Waals surface area contributed by atoms with Crippen molar-refractivity contribution in [2.45, 2.75) is 63.8 Å². The van der Waals surface area contributed by atoms with Gasteiger partial charge in [-0.1, -0.05) is 6.92 Å². The summed E-state index contributed by atoms with van der Waals surface area (Å²) in [7, 11) is 0. The van der Waals surface area contributed by atoms with Gasteiger partial charge in [-0.25, -0.2) is 0 Å². The van der Waals surface area contributed by atoms with E-state index < -0.39 is 17.7 Å². The predicted octanol–water partition coefficient (Wildman–Crippen LogP) is -0.0370. The molecule has 14 heavy (non-hydrogen) atoms. The van der Waals surface area contributed by atoms with E-state index in [0.717, 1.165) is 6.42 Å². The maximum Gasteiger partial charge on any atom is 0.0708 e. The molecular formula is C10H24N2O2. The Kier molecular flexibility index (Phi) is 5.59. The maximum absolute atomic E-state index is 9.68. The number of hydrogen-bond donors (Lipinski definition) is 4. The minimum atomic E-state index is -0.589. The van der Waals surface area contributed by atoms with Gasteiger partial charge in [0.1, 0.15) is 0 Å². The summed E-state index contributed by atoms with van der Waals surface area (Å²) in [5.74, 6) is 0. The van der Waals surface area contributed by atoms with Gasteiger partial charge in [-0.05, 0) is 33.1 Å². The van der Waals surface area contributed by atoms with Crippen molar-refractivity contribution in [3.8, 4) is 0 Å². The van der Waals surface area contributed by atoms with Crippen LogP contribution < -0.4 is 11.5 Å². The zero-order valence-electron chi connectivity index (χ0n) is 9.40. The van der Waals surface area contributed by atoms with E-state index in [0.29, 0.717) is 12.8 Å². The van der Waals surface area contributed by atoms with Crippen LogP contribution in [0.25, 0.3) is 0 Å². The molecule has 0 aliphatic rings. The van der Waals surface area contributed by atoms with Gasteiger partial charge in [-0.15, -0.1) is 0 Å². The normalized spacial score (nSPS) is 22.5. The van der Waals surface area contributed by atoms with Gasteiger partial charge in [0.05, 0.1) is 12.2 Å². The lowest BCUT2D eigenvalue weighted by molar-refractivity contribution is 0.0850. The van der Waals surface area contributed by atoms with Gasteiger partial charge < -0.3 is 21.7 Å². The van der Waals surface area contributed by atoms with Gasteiger partial charge >= 0.3 is 0 Å². The largest absolute Gasteiger partial charge is 0.393 e. The van der Waals surface area contributed by atoms with Crippen LogP contribution in [0.4, 0.5) is 0 Å². The molecule has 86 valence electrons. The van der Waals surface area contributed by atoms with Gasteiger partial charge in [-0.3, -0.25) is 0 Å². The highest BCUT2D eigenvalue weighted by Crippen LogP contribution is 2.17. The first-order valence-corrected chi connectivity index (χ1v) is 5.19. The fraction of sp³-hybridized carbons (Fsp3) is 1.00. The third kappa shape index (κ3) is 5.54. The van der Waals surface area contributed by atoms with Crippen molar-refractivity contribution in [3.63, 3.8) is 0 Å². The molecule has 0 aromatic carbocycles. The second-order valence-electron chi connectivity index (χ2n) is 4.55. The lowest BCUT2D eigenvalue weighted by atomic mass is 9.87. The van der Waals surface area contributed by atoms with Crippen LogP contribution >= 0.6 is 0 Å². The first-order valence-electron chi connectivity index (χ1n) is 5.19. The van der Waals surface area contributed by atoms with E-state index in [1.54, 1.807) is 6.92 Å². The Morgan fingerprint density at radius 3 is 2.14 bits per heavy atom. The highest BCUT2D eigenvalue weighted by molar-refractivity contribution is 4.86. The Bertz CT molecular complexity index is 160. The molecule has 4 unspecified atom stereocenters. The van der Waals surface area contributed by atoms with Crippen molar-refractivity contribution >= 4 is 0 Å². The summed E-state index contributed by atoms with van der Waals surface area (Å²) in [5, 5.41) is 18.9. The zero-order chi connectivity index (χ0) is 11.4. The average molecular weight is 204 g/mol. The number of hydrogen-bond acceptors (Lipinski definition) is 4. The molecule has 0 rings (SSSR count). The molecule has 0 aliphatic carbocycles. The van der Waals surface area contributed by atoms with Crippen LogP contribution in [0.2, 0.25) is 0 Å². The fourth-order valence-electron chi connectivity index (χ4n) is 1.66. The second-order valence-corrected chi connectivity index (χ2v) is 4.55. The summed E-state index contributed by atoms with van der Waals surface area (Å²) < 4.78 is 0. The number of nitrogens with two attached hydrogens (primary N) is 2. The van der Waals surface area contributed by atoms with Gasteiger partial charge in [0, 0.05) is 11.6 Å². The van der Waals surface area contributed by atoms with Crippen LogP contribution in [0.1, 0.15) is 40.0 Å². The van der Waals surface area contributed by atoms with Gasteiger partial charge in [0.15, 0.2) is 0 Å². The molecule has 4 atom stereocenters. The molecule has 0 heterocycles. The molecule has 0 radical (unpaired) electrons. The van der Waals surface area contributed by atoms with Crippen LogP contribution in [0.3, 0.4) is 0 Å². The molecule has 0 amide bonds. The molecule has 0 spiro atoms. The Morgan fingerprint density at radius 2 is 1.79 bits per heavy atom. The summed E-state index contributed by atoms with van der Waals surface area (Å²) in [4.78, 5) is 0. The molecule has 0 bridgehead atoms. The molecule has 0 saturated heterocycles. The summed E-state index contributed by atoms with van der Waals surface area (Å²) in [6.45, 7) is 5.44. The minimum absolute atomic E-state index is 0.230. The monoisotopic (exact) mass is 204 g/mol. The van der Waals surface area contributed by atoms with Crippen molar-refractivity contribution in [2.75, 3.05) is 0 Å². The standard InChI is InChI=1S/C10H24N2O2/c1-4-8(11)9(14)6-10(3,12)5-7(2)13/h7-9,13-14H,4-6,11-12H2,1-3H3. The molecule has 0 aliphatic heterocycles. The lowest BCUT2D eigenvalue weighted by Gasteiger charge is -2.30. The topological polar surface area (TPSA) is 92.5 Å². The van der Waals surface area contributed by atoms with Crippen LogP contribution in [-0.4, -0.2) is 34.0 Å². The first kappa shape index (κ1) is 13.8. The number of rotatable bonds is 6. The summed E-state index contributed by atoms with van der Waals surface area (Å²) >= 11 is 0. The molecule has 4 heteroatoms. The van der Waals surface area contributed by atoms with Crippen molar-refractivity contribution in [2.24, 2.45) is 11.5 Å². The maximum atomic E-state index is 9.68. The Labute approximate surface area is 86.3 Å². The molecule has 0 fully saturated rings. The van der Waals surface area contributed by atoms with Crippen LogP contribution in [0.15, 0.2) is 0 Å². The molecule has 0 aromatic rings. The Morgan fingerprint density at radius 1 is 1.29 bits per heavy atom. The third-order valence-electron chi connectivity index (χ3n) is 2.40. The second kappa shape index (κ2) is 5.66. The molecule has 6 N–H and O–H groups in total. The summed E-state index contributed by atoms with van der Waals surface area (Å²) in [5.41, 5.74) is 11.1. The van der Waals surface area contributed by atoms with Crippen molar-refractivity contribution in [1.82, 2.24) is 0 Å². The number of aliphatic hydroxyl groups is 2. The Hall–Kier alpha value is -0.160. The predicted molar refractivity (Wildman–Crippen MR) is 57.8 cm³/mol. The van der Waals surface area contributed by atoms with Crippen LogP contribution in [-0.2, 0) is 0 Å². The van der Waals surface area contributed by atoms with Crippen LogP contribution in [0.5, 0.6) is 0 Å². The summed E-state index contributed by atoms with van der Waals surface area (Å²) in [6, 6.07) is -0.230. The smallest absolute Gasteiger partial charge is 0.0708 e. The SMILES string of the molecule is CCC(N)C(O)CC(C)(N)CC(C)O. The van der Waals surface area contributed by atoms with Gasteiger partial charge in [0.2, 0.25) is 0 Å². The molecule has 0 aromatic heterocycles. The third-order valence-corrected chi connectivity index (χ3v) is 2.40. The highest BCUT2D eigenvalue weighted by atomic mass is 16.3. The van der Waals surface area contributed by atoms with Crippen LogP contribution in [0, 0.1) is 0 Å². The summed E-state index contributed by atoms with van der Waals surface area (Å²) in [6.07, 6.45) is 0.586. The highest BCUT2D eigenvalue weighted by Gasteiger charge is 2.26. The van der Waals surface area contributed by atoms with E-state index in [4.69, 9.17) is 11.5 Å². The fourth-order valence-corrected chi connectivity index (χ4v) is 1.66. The molecule has 0 saturated carbocycles. The lowest BCUT2D eigenvalue weighted by Crippen LogP contribution is -2.46. The first-order chi connectivity index (χ1) is 6.28. The number of aliphatic hydroxyl groups excluding tert-OH is 2. The van der Waals surface area contributed by atoms with E-state index in [2.05, 4.69) is 0 Å². The van der Waals surface area contributed by atoms with Crippen molar-refractivity contribution < 1.29 is 10.2 Å². The molecule has 4 nitrogen and oxygen atoms in total. The van der Waals surface area contributed by atoms with E-state index >= 15 is 0 Å². The zero-order valence-corrected chi connectivity index (χ0v) is 9.40. The van der Waals surface area contributed by atoms with E-state index in [9.17, 15) is 10.2 Å². The minimum Gasteiger partial charge on any atom is -0.393 e. The van der Waals surface area contributed by atoms with Crippen molar-refractivity contribution in [3.05, 3.63) is 0 Å². The van der Waals surface area contributed by atoms with Crippen molar-refractivity contribution in [1.29, 1.82) is 0 Å². The van der Waals surface area contributed by atoms with E-state index in [1.165, 1.54) is 0 Å². The van der Waals surface area contributed by atoms with E-state index in [-0.39, 0.29) is 6.04 Å². The Balaban J connectivity index is 4.07. The van der Waals surface area contributed by atoms with Gasteiger partial charge in [0.25, 0.3) is 0 Å². The average Bonchev–Trinajstić information content (AvgIpc) is 1.99. The quantitative estimate of drug-likeness (QED) is 0.488. The molecular weight excluding hydrogens is 180 g/mol.